The van der Waals surface area contributed by atoms with E-state index in [4.69, 9.17) is 0 Å². The molecule has 0 radical (unpaired) electrons. The Morgan fingerprint density at radius 3 is 2.46 bits per heavy atom. The van der Waals surface area contributed by atoms with Gasteiger partial charge in [0.1, 0.15) is 0 Å². The third-order valence-corrected chi connectivity index (χ3v) is 3.93. The van der Waals surface area contributed by atoms with Crippen molar-refractivity contribution in [3.8, 4) is 0 Å². The van der Waals surface area contributed by atoms with Gasteiger partial charge in [-0.15, -0.1) is 0 Å². The normalized spacial score (nSPS) is 11.8. The van der Waals surface area contributed by atoms with Gasteiger partial charge in [0.2, 0.25) is 5.91 Å². The van der Waals surface area contributed by atoms with Crippen molar-refractivity contribution in [2.45, 2.75) is 39.0 Å². The molecular formula is C20H23NO3. The first-order valence-corrected chi connectivity index (χ1v) is 8.17. The van der Waals surface area contributed by atoms with E-state index in [0.29, 0.717) is 18.5 Å². The highest BCUT2D eigenvalue weighted by Crippen LogP contribution is 2.24. The zero-order valence-corrected chi connectivity index (χ0v) is 14.1. The van der Waals surface area contributed by atoms with Crippen LogP contribution < -0.4 is 5.32 Å². The molecule has 0 heterocycles. The standard InChI is InChI=1S/C20H23NO3/c1-3-5-18(20(23)24)16-6-4-7-17(13-16)21-19(22)12-15-10-8-14(2)9-11-15/h4,6-11,13,18H,3,5,12H2,1-2H3,(H,21,22)(H,23,24). The summed E-state index contributed by atoms with van der Waals surface area (Å²) in [4.78, 5) is 23.6. The number of carbonyl (C=O) groups excluding carboxylic acids is 1. The molecule has 0 bridgehead atoms. The average molecular weight is 325 g/mol. The first-order chi connectivity index (χ1) is 11.5. The molecule has 24 heavy (non-hydrogen) atoms. The van der Waals surface area contributed by atoms with Gasteiger partial charge in [0.05, 0.1) is 12.3 Å². The Hall–Kier alpha value is -2.62. The van der Waals surface area contributed by atoms with E-state index < -0.39 is 11.9 Å². The molecule has 2 aromatic rings. The summed E-state index contributed by atoms with van der Waals surface area (Å²) in [5.74, 6) is -1.48. The van der Waals surface area contributed by atoms with Gasteiger partial charge in [0, 0.05) is 5.69 Å². The lowest BCUT2D eigenvalue weighted by atomic mass is 9.94. The lowest BCUT2D eigenvalue weighted by Crippen LogP contribution is -2.15. The number of rotatable bonds is 7. The number of carboxylic acid groups (broad SMARTS) is 1. The number of hydrogen-bond donors (Lipinski definition) is 2. The molecule has 0 spiro atoms. The molecule has 0 aliphatic heterocycles. The molecule has 0 saturated carbocycles. The van der Waals surface area contributed by atoms with Crippen LogP contribution in [0.4, 0.5) is 5.69 Å². The van der Waals surface area contributed by atoms with E-state index in [0.717, 1.165) is 23.1 Å². The van der Waals surface area contributed by atoms with Crippen LogP contribution in [0.3, 0.4) is 0 Å². The first kappa shape index (κ1) is 17.7. The molecule has 0 aliphatic carbocycles. The summed E-state index contributed by atoms with van der Waals surface area (Å²) >= 11 is 0. The number of anilines is 1. The molecule has 2 aromatic carbocycles. The highest BCUT2D eigenvalue weighted by atomic mass is 16.4. The fourth-order valence-electron chi connectivity index (χ4n) is 2.65. The molecule has 1 atom stereocenters. The maximum Gasteiger partial charge on any atom is 0.310 e. The fourth-order valence-corrected chi connectivity index (χ4v) is 2.65. The molecule has 2 N–H and O–H groups in total. The average Bonchev–Trinajstić information content (AvgIpc) is 2.54. The molecule has 1 unspecified atom stereocenters. The first-order valence-electron chi connectivity index (χ1n) is 8.17. The van der Waals surface area contributed by atoms with Crippen LogP contribution in [0.15, 0.2) is 48.5 Å². The van der Waals surface area contributed by atoms with E-state index in [-0.39, 0.29) is 5.91 Å². The number of benzene rings is 2. The maximum absolute atomic E-state index is 12.2. The van der Waals surface area contributed by atoms with E-state index in [1.54, 1.807) is 24.3 Å². The number of amides is 1. The second-order valence-corrected chi connectivity index (χ2v) is 6.02. The molecule has 0 saturated heterocycles. The van der Waals surface area contributed by atoms with Gasteiger partial charge in [-0.05, 0) is 36.6 Å². The Labute approximate surface area is 142 Å². The second-order valence-electron chi connectivity index (χ2n) is 6.02. The van der Waals surface area contributed by atoms with Crippen molar-refractivity contribution < 1.29 is 14.7 Å². The monoisotopic (exact) mass is 325 g/mol. The number of carbonyl (C=O) groups is 2. The van der Waals surface area contributed by atoms with Gasteiger partial charge in [-0.3, -0.25) is 9.59 Å². The van der Waals surface area contributed by atoms with Crippen LogP contribution in [-0.2, 0) is 16.0 Å². The maximum atomic E-state index is 12.2. The minimum absolute atomic E-state index is 0.113. The van der Waals surface area contributed by atoms with E-state index >= 15 is 0 Å². The minimum atomic E-state index is -0.833. The smallest absolute Gasteiger partial charge is 0.310 e. The van der Waals surface area contributed by atoms with Crippen LogP contribution in [0.2, 0.25) is 0 Å². The van der Waals surface area contributed by atoms with Gasteiger partial charge in [-0.2, -0.15) is 0 Å². The van der Waals surface area contributed by atoms with Gasteiger partial charge in [0.25, 0.3) is 0 Å². The van der Waals surface area contributed by atoms with Crippen molar-refractivity contribution in [2.24, 2.45) is 0 Å². The molecule has 2 rings (SSSR count). The SMILES string of the molecule is CCCC(C(=O)O)c1cccc(NC(=O)Cc2ccc(C)cc2)c1. The van der Waals surface area contributed by atoms with Crippen molar-refractivity contribution in [1.82, 2.24) is 0 Å². The summed E-state index contributed by atoms with van der Waals surface area (Å²) in [6, 6.07) is 14.9. The van der Waals surface area contributed by atoms with Gasteiger partial charge >= 0.3 is 5.97 Å². The quantitative estimate of drug-likeness (QED) is 0.804. The van der Waals surface area contributed by atoms with Gasteiger partial charge in [0.15, 0.2) is 0 Å². The fraction of sp³-hybridized carbons (Fsp3) is 0.300. The molecule has 4 heteroatoms. The number of aliphatic carboxylic acids is 1. The summed E-state index contributed by atoms with van der Waals surface area (Å²) in [6.45, 7) is 3.97. The predicted molar refractivity (Wildman–Crippen MR) is 95.2 cm³/mol. The highest BCUT2D eigenvalue weighted by Gasteiger charge is 2.19. The number of hydrogen-bond acceptors (Lipinski definition) is 2. The third-order valence-electron chi connectivity index (χ3n) is 3.93. The van der Waals surface area contributed by atoms with Crippen LogP contribution in [-0.4, -0.2) is 17.0 Å². The summed E-state index contributed by atoms with van der Waals surface area (Å²) in [6.07, 6.45) is 1.67. The zero-order valence-electron chi connectivity index (χ0n) is 14.1. The summed E-state index contributed by atoms with van der Waals surface area (Å²) < 4.78 is 0. The van der Waals surface area contributed by atoms with Crippen molar-refractivity contribution >= 4 is 17.6 Å². The lowest BCUT2D eigenvalue weighted by molar-refractivity contribution is -0.139. The topological polar surface area (TPSA) is 66.4 Å². The molecule has 0 aliphatic rings. The Morgan fingerprint density at radius 1 is 1.12 bits per heavy atom. The van der Waals surface area contributed by atoms with E-state index in [2.05, 4.69) is 5.32 Å². The van der Waals surface area contributed by atoms with Crippen molar-refractivity contribution in [3.63, 3.8) is 0 Å². The molecule has 126 valence electrons. The van der Waals surface area contributed by atoms with Crippen molar-refractivity contribution in [3.05, 3.63) is 65.2 Å². The van der Waals surface area contributed by atoms with Crippen molar-refractivity contribution in [2.75, 3.05) is 5.32 Å². The van der Waals surface area contributed by atoms with Gasteiger partial charge in [-0.1, -0.05) is 55.3 Å². The van der Waals surface area contributed by atoms with Gasteiger partial charge in [-0.25, -0.2) is 0 Å². The van der Waals surface area contributed by atoms with E-state index in [9.17, 15) is 14.7 Å². The third kappa shape index (κ3) is 4.95. The molecule has 1 amide bonds. The molecule has 0 aromatic heterocycles. The van der Waals surface area contributed by atoms with Crippen LogP contribution >= 0.6 is 0 Å². The number of carboxylic acids is 1. The Morgan fingerprint density at radius 2 is 1.83 bits per heavy atom. The van der Waals surface area contributed by atoms with E-state index in [1.807, 2.05) is 38.1 Å². The van der Waals surface area contributed by atoms with Crippen LogP contribution in [0.25, 0.3) is 0 Å². The molecular weight excluding hydrogens is 302 g/mol. The lowest BCUT2D eigenvalue weighted by Gasteiger charge is -2.13. The Bertz CT molecular complexity index is 707. The summed E-state index contributed by atoms with van der Waals surface area (Å²) in [5.41, 5.74) is 3.45. The Balaban J connectivity index is 2.06. The summed E-state index contributed by atoms with van der Waals surface area (Å²) in [7, 11) is 0. The molecule has 4 nitrogen and oxygen atoms in total. The van der Waals surface area contributed by atoms with E-state index in [1.165, 1.54) is 0 Å². The minimum Gasteiger partial charge on any atom is -0.481 e. The van der Waals surface area contributed by atoms with Crippen molar-refractivity contribution in [1.29, 1.82) is 0 Å². The van der Waals surface area contributed by atoms with Gasteiger partial charge < -0.3 is 10.4 Å². The summed E-state index contributed by atoms with van der Waals surface area (Å²) in [5, 5.41) is 12.2. The highest BCUT2D eigenvalue weighted by molar-refractivity contribution is 5.92. The largest absolute Gasteiger partial charge is 0.481 e. The molecule has 0 fully saturated rings. The van der Waals surface area contributed by atoms with Crippen LogP contribution in [0.1, 0.15) is 42.4 Å². The number of aryl methyl sites for hydroxylation is 1. The van der Waals surface area contributed by atoms with Crippen LogP contribution in [0.5, 0.6) is 0 Å². The second kappa shape index (κ2) is 8.29. The number of nitrogens with one attached hydrogen (secondary N) is 1. The predicted octanol–water partition coefficient (Wildman–Crippen LogP) is 4.14. The zero-order chi connectivity index (χ0) is 17.5. The Kier molecular flexibility index (Phi) is 6.13. The van der Waals surface area contributed by atoms with Crippen LogP contribution in [0, 0.1) is 6.92 Å².